The van der Waals surface area contributed by atoms with E-state index in [0.29, 0.717) is 0 Å². The van der Waals surface area contributed by atoms with Crippen molar-refractivity contribution >= 4 is 36.0 Å². The first kappa shape index (κ1) is 41.4. The van der Waals surface area contributed by atoms with Gasteiger partial charge in [-0.05, 0) is 124 Å². The van der Waals surface area contributed by atoms with Gasteiger partial charge in [0, 0.05) is 29.4 Å². The Morgan fingerprint density at radius 3 is 1.21 bits per heavy atom. The number of nitrogens with one attached hydrogen (secondary N) is 3. The van der Waals surface area contributed by atoms with Gasteiger partial charge < -0.3 is 16.1 Å². The van der Waals surface area contributed by atoms with Crippen LogP contribution in [0.4, 0.5) is 11.4 Å². The van der Waals surface area contributed by atoms with Gasteiger partial charge in [-0.3, -0.25) is 0 Å². The lowest BCUT2D eigenvalue weighted by molar-refractivity contribution is 1.37. The SMILES string of the molecule is C/C=C\c1ccccc1C.C/C=C\c1ccccc1C.Cc1cc(C)cc(-c2cc(C)cc(Nc3ccccc3C=N)c2)c1.Cc1ccccc1C=N. The number of para-hydroxylation sites is 1. The van der Waals surface area contributed by atoms with Gasteiger partial charge in [0.2, 0.25) is 0 Å². The second-order valence-electron chi connectivity index (χ2n) is 13.0. The maximum atomic E-state index is 7.55. The monoisotopic (exact) mass is 697 g/mol. The minimum Gasteiger partial charge on any atom is -0.355 e. The number of benzene rings is 6. The molecule has 0 spiro atoms. The average molecular weight is 698 g/mol. The van der Waals surface area contributed by atoms with Gasteiger partial charge in [-0.1, -0.05) is 151 Å². The van der Waals surface area contributed by atoms with Crippen molar-refractivity contribution in [2.75, 3.05) is 5.32 Å². The van der Waals surface area contributed by atoms with Crippen LogP contribution in [0, 0.1) is 52.4 Å². The van der Waals surface area contributed by atoms with E-state index >= 15 is 0 Å². The summed E-state index contributed by atoms with van der Waals surface area (Å²) >= 11 is 0. The molecule has 0 fully saturated rings. The van der Waals surface area contributed by atoms with Crippen LogP contribution in [0.15, 0.2) is 146 Å². The summed E-state index contributed by atoms with van der Waals surface area (Å²) in [6.07, 6.45) is 11.1. The van der Waals surface area contributed by atoms with Crippen molar-refractivity contribution in [3.05, 3.63) is 201 Å². The second kappa shape index (κ2) is 22.0. The van der Waals surface area contributed by atoms with Crippen molar-refractivity contribution in [2.45, 2.75) is 55.4 Å². The lowest BCUT2D eigenvalue weighted by atomic mass is 9.98. The van der Waals surface area contributed by atoms with Crippen molar-refractivity contribution in [1.82, 2.24) is 0 Å². The van der Waals surface area contributed by atoms with Crippen LogP contribution in [0.25, 0.3) is 23.3 Å². The predicted octanol–water partition coefficient (Wildman–Crippen LogP) is 14.1. The molecule has 0 bridgehead atoms. The molecule has 0 heterocycles. The van der Waals surface area contributed by atoms with E-state index in [9.17, 15) is 0 Å². The van der Waals surface area contributed by atoms with Crippen molar-refractivity contribution in [2.24, 2.45) is 0 Å². The molecular weight excluding hydrogens is 643 g/mol. The summed E-state index contributed by atoms with van der Waals surface area (Å²) in [5, 5.41) is 18.0. The predicted molar refractivity (Wildman–Crippen MR) is 235 cm³/mol. The second-order valence-corrected chi connectivity index (χ2v) is 13.0. The van der Waals surface area contributed by atoms with Gasteiger partial charge in [0.15, 0.2) is 0 Å². The van der Waals surface area contributed by atoms with E-state index in [1.165, 1.54) is 62.5 Å². The third kappa shape index (κ3) is 13.9. The molecule has 6 aromatic carbocycles. The number of rotatable bonds is 7. The summed E-state index contributed by atoms with van der Waals surface area (Å²) in [6, 6.07) is 45.6. The van der Waals surface area contributed by atoms with Crippen LogP contribution >= 0.6 is 0 Å². The molecule has 270 valence electrons. The van der Waals surface area contributed by atoms with Crippen LogP contribution in [-0.2, 0) is 0 Å². The number of allylic oxidation sites excluding steroid dienone is 2. The molecule has 3 N–H and O–H groups in total. The zero-order valence-corrected chi connectivity index (χ0v) is 32.7. The molecule has 0 aromatic heterocycles. The molecule has 0 amide bonds. The lowest BCUT2D eigenvalue weighted by Crippen LogP contribution is -1.96. The van der Waals surface area contributed by atoms with Crippen LogP contribution in [0.2, 0.25) is 0 Å². The fourth-order valence-electron chi connectivity index (χ4n) is 5.71. The minimum absolute atomic E-state index is 0.881. The van der Waals surface area contributed by atoms with Crippen LogP contribution in [0.3, 0.4) is 0 Å². The topological polar surface area (TPSA) is 59.7 Å². The number of hydrogen-bond donors (Lipinski definition) is 3. The zero-order chi connectivity index (χ0) is 38.6. The third-order valence-electron chi connectivity index (χ3n) is 8.44. The van der Waals surface area contributed by atoms with Crippen LogP contribution in [-0.4, -0.2) is 12.4 Å². The first-order valence-corrected chi connectivity index (χ1v) is 18.1. The Kier molecular flexibility index (Phi) is 17.2. The van der Waals surface area contributed by atoms with E-state index in [1.54, 1.807) is 0 Å². The summed E-state index contributed by atoms with van der Waals surface area (Å²) in [6.45, 7) is 16.7. The Balaban J connectivity index is 0.000000215. The lowest BCUT2D eigenvalue weighted by Gasteiger charge is -2.13. The van der Waals surface area contributed by atoms with Crippen LogP contribution < -0.4 is 5.32 Å². The molecule has 6 rings (SSSR count). The van der Waals surface area contributed by atoms with Crippen LogP contribution in [0.1, 0.15) is 69.5 Å². The Morgan fingerprint density at radius 1 is 0.415 bits per heavy atom. The molecule has 3 heteroatoms. The van der Waals surface area contributed by atoms with Gasteiger partial charge in [-0.15, -0.1) is 0 Å². The van der Waals surface area contributed by atoms with Crippen molar-refractivity contribution in [3.8, 4) is 11.1 Å². The number of aryl methyl sites for hydroxylation is 6. The first-order valence-electron chi connectivity index (χ1n) is 18.1. The van der Waals surface area contributed by atoms with Gasteiger partial charge in [0.1, 0.15) is 0 Å². The smallest absolute Gasteiger partial charge is 0.0473 e. The fraction of sp³-hybridized carbons (Fsp3) is 0.160. The zero-order valence-electron chi connectivity index (χ0n) is 32.7. The standard InChI is InChI=1S/C22H22N2.2C10H12.C8H9N/c1-15-8-16(2)10-19(9-15)20-11-17(3)12-21(13-20)24-22-7-5-4-6-18(22)14-23;2*1-3-6-10-8-5-4-7-9(10)2;1-7-4-2-3-5-8(7)6-9/h4-14,23-24H,1-3H3;2*3-8H,1-2H3;2-6,9H,1H3/b;2*6-3-;. The van der Waals surface area contributed by atoms with E-state index in [0.717, 1.165) is 28.1 Å². The van der Waals surface area contributed by atoms with E-state index < -0.39 is 0 Å². The molecule has 0 aliphatic heterocycles. The third-order valence-corrected chi connectivity index (χ3v) is 8.44. The number of anilines is 2. The normalized spacial score (nSPS) is 10.3. The van der Waals surface area contributed by atoms with Crippen molar-refractivity contribution in [3.63, 3.8) is 0 Å². The molecule has 0 saturated heterocycles. The Bertz CT molecular complexity index is 2060. The quantitative estimate of drug-likeness (QED) is 0.143. The molecule has 0 aliphatic carbocycles. The summed E-state index contributed by atoms with van der Waals surface area (Å²) in [4.78, 5) is 0. The van der Waals surface area contributed by atoms with Gasteiger partial charge in [0.25, 0.3) is 0 Å². The Morgan fingerprint density at radius 2 is 0.792 bits per heavy atom. The molecule has 0 saturated carbocycles. The maximum absolute atomic E-state index is 7.55. The fourth-order valence-corrected chi connectivity index (χ4v) is 5.71. The summed E-state index contributed by atoms with van der Waals surface area (Å²) < 4.78 is 0. The number of hydrogen-bond acceptors (Lipinski definition) is 3. The van der Waals surface area contributed by atoms with E-state index in [-0.39, 0.29) is 0 Å². The highest BCUT2D eigenvalue weighted by atomic mass is 14.9. The summed E-state index contributed by atoms with van der Waals surface area (Å²) in [7, 11) is 0. The molecule has 0 radical (unpaired) electrons. The van der Waals surface area contributed by atoms with Crippen LogP contribution in [0.5, 0.6) is 0 Å². The Hall–Kier alpha value is -6.06. The molecule has 0 unspecified atom stereocenters. The first-order chi connectivity index (χ1) is 25.6. The highest BCUT2D eigenvalue weighted by molar-refractivity contribution is 5.87. The van der Waals surface area contributed by atoms with Gasteiger partial charge in [-0.25, -0.2) is 0 Å². The highest BCUT2D eigenvalue weighted by Crippen LogP contribution is 2.29. The average Bonchev–Trinajstić information content (AvgIpc) is 3.14. The van der Waals surface area contributed by atoms with Gasteiger partial charge in [0.05, 0.1) is 0 Å². The Labute approximate surface area is 318 Å². The summed E-state index contributed by atoms with van der Waals surface area (Å²) in [5.74, 6) is 0. The molecular formula is C50H55N3. The highest BCUT2D eigenvalue weighted by Gasteiger charge is 2.05. The maximum Gasteiger partial charge on any atom is 0.0473 e. The molecule has 0 aliphatic rings. The van der Waals surface area contributed by atoms with Crippen molar-refractivity contribution in [1.29, 1.82) is 10.8 Å². The minimum atomic E-state index is 0.881. The van der Waals surface area contributed by atoms with E-state index in [2.05, 4.69) is 149 Å². The molecule has 3 nitrogen and oxygen atoms in total. The molecule has 0 atom stereocenters. The largest absolute Gasteiger partial charge is 0.355 e. The molecule has 6 aromatic rings. The summed E-state index contributed by atoms with van der Waals surface area (Å²) in [5.41, 5.74) is 16.5. The van der Waals surface area contributed by atoms with Gasteiger partial charge in [-0.2, -0.15) is 0 Å². The molecule has 53 heavy (non-hydrogen) atoms. The van der Waals surface area contributed by atoms with E-state index in [1.807, 2.05) is 69.3 Å². The van der Waals surface area contributed by atoms with E-state index in [4.69, 9.17) is 10.8 Å². The van der Waals surface area contributed by atoms with Gasteiger partial charge >= 0.3 is 0 Å². The van der Waals surface area contributed by atoms with Crippen molar-refractivity contribution < 1.29 is 0 Å².